The number of aromatic carboxylic acids is 1. The van der Waals surface area contributed by atoms with Crippen molar-refractivity contribution in [2.24, 2.45) is 5.92 Å². The highest BCUT2D eigenvalue weighted by Gasteiger charge is 2.31. The SMILES string of the molecule is COCCCOc1cc2c(cc1OC)-c1nc(Cl)c(C(=O)O)cc1C(C(C)C)C2. The first-order valence-electron chi connectivity index (χ1n) is 9.64. The fourth-order valence-corrected chi connectivity index (χ4v) is 3.97. The van der Waals surface area contributed by atoms with Crippen LogP contribution in [0.2, 0.25) is 5.15 Å². The minimum Gasteiger partial charge on any atom is -0.493 e. The first-order chi connectivity index (χ1) is 13.9. The van der Waals surface area contributed by atoms with Gasteiger partial charge in [-0.25, -0.2) is 9.78 Å². The van der Waals surface area contributed by atoms with E-state index in [9.17, 15) is 9.90 Å². The number of fused-ring (bicyclic) bond motifs is 3. The van der Waals surface area contributed by atoms with E-state index >= 15 is 0 Å². The van der Waals surface area contributed by atoms with Gasteiger partial charge in [0.05, 0.1) is 25.0 Å². The van der Waals surface area contributed by atoms with Gasteiger partial charge in [0.15, 0.2) is 11.5 Å². The monoisotopic (exact) mass is 419 g/mol. The standard InChI is InChI=1S/C22H26ClNO5/c1-12(2)14-8-13-9-19(29-7-5-6-27-3)18(28-4)11-15(13)20-16(14)10-17(22(25)26)21(23)24-20/h9-12,14H,5-8H2,1-4H3,(H,25,26). The molecule has 0 fully saturated rings. The van der Waals surface area contributed by atoms with Gasteiger partial charge in [0.2, 0.25) is 0 Å². The molecule has 2 aromatic rings. The maximum absolute atomic E-state index is 11.6. The van der Waals surface area contributed by atoms with Crippen molar-refractivity contribution in [2.45, 2.75) is 32.6 Å². The molecule has 29 heavy (non-hydrogen) atoms. The molecule has 0 aliphatic heterocycles. The third-order valence-electron chi connectivity index (χ3n) is 5.27. The van der Waals surface area contributed by atoms with Crippen LogP contribution in [0.1, 0.15) is 47.7 Å². The zero-order valence-electron chi connectivity index (χ0n) is 17.1. The zero-order valence-corrected chi connectivity index (χ0v) is 17.9. The van der Waals surface area contributed by atoms with E-state index in [1.807, 2.05) is 12.1 Å². The highest BCUT2D eigenvalue weighted by molar-refractivity contribution is 6.32. The molecule has 3 rings (SSSR count). The number of carboxylic acids is 1. The van der Waals surface area contributed by atoms with Gasteiger partial charge in [-0.15, -0.1) is 0 Å². The summed E-state index contributed by atoms with van der Waals surface area (Å²) in [5.74, 6) is 0.655. The Morgan fingerprint density at radius 3 is 2.62 bits per heavy atom. The number of methoxy groups -OCH3 is 2. The lowest BCUT2D eigenvalue weighted by Crippen LogP contribution is -2.19. The Hall–Kier alpha value is -2.31. The molecule has 1 aliphatic rings. The highest BCUT2D eigenvalue weighted by Crippen LogP contribution is 2.46. The van der Waals surface area contributed by atoms with Crippen LogP contribution in [-0.4, -0.2) is 43.5 Å². The molecule has 0 saturated carbocycles. The molecule has 6 nitrogen and oxygen atoms in total. The molecule has 7 heteroatoms. The molecule has 1 atom stereocenters. The summed E-state index contributed by atoms with van der Waals surface area (Å²) >= 11 is 6.19. The molecule has 0 saturated heterocycles. The van der Waals surface area contributed by atoms with Gasteiger partial charge in [-0.05, 0) is 47.6 Å². The lowest BCUT2D eigenvalue weighted by molar-refractivity contribution is 0.0696. The number of aromatic nitrogens is 1. The molecule has 0 amide bonds. The second-order valence-electron chi connectivity index (χ2n) is 7.48. The zero-order chi connectivity index (χ0) is 21.1. The predicted molar refractivity (Wildman–Crippen MR) is 111 cm³/mol. The summed E-state index contributed by atoms with van der Waals surface area (Å²) in [4.78, 5) is 16.0. The number of ether oxygens (including phenoxy) is 3. The highest BCUT2D eigenvalue weighted by atomic mass is 35.5. The number of hydrogen-bond acceptors (Lipinski definition) is 5. The Kier molecular flexibility index (Phi) is 6.65. The van der Waals surface area contributed by atoms with Crippen molar-refractivity contribution < 1.29 is 24.1 Å². The number of pyridine rings is 1. The van der Waals surface area contributed by atoms with Crippen LogP contribution in [0.5, 0.6) is 11.5 Å². The van der Waals surface area contributed by atoms with E-state index in [2.05, 4.69) is 18.8 Å². The summed E-state index contributed by atoms with van der Waals surface area (Å²) in [5, 5.41) is 9.45. The summed E-state index contributed by atoms with van der Waals surface area (Å²) in [7, 11) is 3.26. The number of carboxylic acid groups (broad SMARTS) is 1. The maximum Gasteiger partial charge on any atom is 0.338 e. The fraction of sp³-hybridized carbons (Fsp3) is 0.455. The molecule has 1 aromatic carbocycles. The van der Waals surface area contributed by atoms with Crippen LogP contribution < -0.4 is 9.47 Å². The van der Waals surface area contributed by atoms with Crippen LogP contribution in [-0.2, 0) is 11.2 Å². The molecule has 0 radical (unpaired) electrons. The summed E-state index contributed by atoms with van der Waals surface area (Å²) in [5.41, 5.74) is 3.64. The Morgan fingerprint density at radius 2 is 2.00 bits per heavy atom. The van der Waals surface area contributed by atoms with E-state index in [0.29, 0.717) is 36.3 Å². The van der Waals surface area contributed by atoms with Crippen LogP contribution in [0.4, 0.5) is 0 Å². The van der Waals surface area contributed by atoms with E-state index in [-0.39, 0.29) is 16.6 Å². The number of carbonyl (C=O) groups is 1. The van der Waals surface area contributed by atoms with Crippen LogP contribution in [0, 0.1) is 5.92 Å². The van der Waals surface area contributed by atoms with E-state index in [1.165, 1.54) is 0 Å². The predicted octanol–water partition coefficient (Wildman–Crippen LogP) is 4.82. The van der Waals surface area contributed by atoms with Gasteiger partial charge in [0.1, 0.15) is 5.15 Å². The molecule has 1 aromatic heterocycles. The van der Waals surface area contributed by atoms with Crippen LogP contribution in [0.15, 0.2) is 18.2 Å². The number of halogens is 1. The summed E-state index contributed by atoms with van der Waals surface area (Å²) in [6, 6.07) is 5.57. The topological polar surface area (TPSA) is 77.9 Å². The van der Waals surface area contributed by atoms with Crippen molar-refractivity contribution in [2.75, 3.05) is 27.4 Å². The lowest BCUT2D eigenvalue weighted by atomic mass is 9.75. The molecule has 1 heterocycles. The minimum atomic E-state index is -1.07. The second kappa shape index (κ2) is 9.01. The first-order valence-corrected chi connectivity index (χ1v) is 10.0. The Labute approximate surface area is 175 Å². The smallest absolute Gasteiger partial charge is 0.338 e. The largest absolute Gasteiger partial charge is 0.493 e. The van der Waals surface area contributed by atoms with Gasteiger partial charge in [0.25, 0.3) is 0 Å². The molecular weight excluding hydrogens is 394 g/mol. The average Bonchev–Trinajstić information content (AvgIpc) is 2.69. The number of nitrogens with zero attached hydrogens (tertiary/aromatic N) is 1. The third kappa shape index (κ3) is 4.33. The lowest BCUT2D eigenvalue weighted by Gasteiger charge is -2.31. The molecule has 1 aliphatic carbocycles. The molecule has 0 spiro atoms. The van der Waals surface area contributed by atoms with E-state index in [1.54, 1.807) is 20.3 Å². The molecule has 156 valence electrons. The van der Waals surface area contributed by atoms with Crippen molar-refractivity contribution >= 4 is 17.6 Å². The summed E-state index contributed by atoms with van der Waals surface area (Å²) in [6.07, 6.45) is 1.55. The van der Waals surface area contributed by atoms with Gasteiger partial charge in [0, 0.05) is 25.7 Å². The minimum absolute atomic E-state index is 0.00883. The normalized spacial score (nSPS) is 15.0. The Morgan fingerprint density at radius 1 is 1.24 bits per heavy atom. The van der Waals surface area contributed by atoms with E-state index in [4.69, 9.17) is 25.8 Å². The van der Waals surface area contributed by atoms with Gasteiger partial charge >= 0.3 is 5.97 Å². The number of hydrogen-bond donors (Lipinski definition) is 1. The number of benzene rings is 1. The molecule has 1 N–H and O–H groups in total. The van der Waals surface area contributed by atoms with Crippen molar-refractivity contribution in [3.05, 3.63) is 40.0 Å². The fourth-order valence-electron chi connectivity index (χ4n) is 3.75. The Bertz CT molecular complexity index is 913. The second-order valence-corrected chi connectivity index (χ2v) is 7.84. The number of rotatable bonds is 8. The van der Waals surface area contributed by atoms with Crippen LogP contribution in [0.3, 0.4) is 0 Å². The van der Waals surface area contributed by atoms with Gasteiger partial charge < -0.3 is 19.3 Å². The van der Waals surface area contributed by atoms with Gasteiger partial charge in [-0.3, -0.25) is 0 Å². The first kappa shape index (κ1) is 21.4. The van der Waals surface area contributed by atoms with Gasteiger partial charge in [-0.2, -0.15) is 0 Å². The van der Waals surface area contributed by atoms with Crippen LogP contribution >= 0.6 is 11.6 Å². The van der Waals surface area contributed by atoms with Crippen molar-refractivity contribution in [3.8, 4) is 22.8 Å². The Balaban J connectivity index is 2.09. The molecular formula is C22H26ClNO5. The van der Waals surface area contributed by atoms with E-state index in [0.717, 1.165) is 29.5 Å². The average molecular weight is 420 g/mol. The van der Waals surface area contributed by atoms with Crippen molar-refractivity contribution in [3.63, 3.8) is 0 Å². The van der Waals surface area contributed by atoms with Crippen molar-refractivity contribution in [1.82, 2.24) is 4.98 Å². The van der Waals surface area contributed by atoms with Crippen LogP contribution in [0.25, 0.3) is 11.3 Å². The molecule has 0 bridgehead atoms. The van der Waals surface area contributed by atoms with Gasteiger partial charge in [-0.1, -0.05) is 25.4 Å². The van der Waals surface area contributed by atoms with Crippen molar-refractivity contribution in [1.29, 1.82) is 0 Å². The quantitative estimate of drug-likeness (QED) is 0.488. The maximum atomic E-state index is 11.6. The molecule has 1 unspecified atom stereocenters. The third-order valence-corrected chi connectivity index (χ3v) is 5.56. The summed E-state index contributed by atoms with van der Waals surface area (Å²) < 4.78 is 16.5. The summed E-state index contributed by atoms with van der Waals surface area (Å²) in [6.45, 7) is 5.41. The van der Waals surface area contributed by atoms with E-state index < -0.39 is 5.97 Å².